The van der Waals surface area contributed by atoms with Gasteiger partial charge in [0.25, 0.3) is 0 Å². The van der Waals surface area contributed by atoms with Crippen molar-refractivity contribution in [3.05, 3.63) is 58.8 Å². The van der Waals surface area contributed by atoms with Crippen LogP contribution in [0.2, 0.25) is 5.02 Å². The summed E-state index contributed by atoms with van der Waals surface area (Å²) in [5.74, 6) is 0. The van der Waals surface area contributed by atoms with E-state index < -0.39 is 0 Å². The summed E-state index contributed by atoms with van der Waals surface area (Å²) < 4.78 is 0. The van der Waals surface area contributed by atoms with Gasteiger partial charge >= 0.3 is 0 Å². The van der Waals surface area contributed by atoms with Gasteiger partial charge in [-0.2, -0.15) is 0 Å². The zero-order valence-electron chi connectivity index (χ0n) is 10.6. The minimum absolute atomic E-state index is 0.772. The maximum atomic E-state index is 5.99. The van der Waals surface area contributed by atoms with Crippen LogP contribution in [-0.4, -0.2) is 5.71 Å². The monoisotopic (exact) mass is 247 g/mol. The average Bonchev–Trinajstić information content (AvgIpc) is 2.26. The molecule has 0 bridgehead atoms. The first-order valence-corrected chi connectivity index (χ1v) is 5.99. The van der Waals surface area contributed by atoms with Crippen molar-refractivity contribution in [2.45, 2.75) is 27.2 Å². The Morgan fingerprint density at radius 2 is 2.06 bits per heavy atom. The third kappa shape index (κ3) is 4.20. The smallest absolute Gasteiger partial charge is 0.0408 e. The number of allylic oxidation sites excluding steroid dienone is 2. The molecule has 0 saturated heterocycles. The lowest BCUT2D eigenvalue weighted by Crippen LogP contribution is -2.03. The third-order valence-corrected chi connectivity index (χ3v) is 2.83. The molecule has 0 N–H and O–H groups in total. The lowest BCUT2D eigenvalue weighted by Gasteiger charge is -2.10. The highest BCUT2D eigenvalue weighted by Crippen LogP contribution is 2.17. The van der Waals surface area contributed by atoms with Gasteiger partial charge in [0, 0.05) is 16.9 Å². The summed E-state index contributed by atoms with van der Waals surface area (Å²) in [6, 6.07) is 7.93. The number of halogens is 1. The van der Waals surface area contributed by atoms with Gasteiger partial charge in [0.2, 0.25) is 0 Å². The molecule has 0 spiro atoms. The summed E-state index contributed by atoms with van der Waals surface area (Å²) in [5.41, 5.74) is 4.73. The Hall–Kier alpha value is -1.34. The predicted molar refractivity (Wildman–Crippen MR) is 76.8 cm³/mol. The Morgan fingerprint density at radius 1 is 1.35 bits per heavy atom. The van der Waals surface area contributed by atoms with Crippen molar-refractivity contribution in [3.63, 3.8) is 0 Å². The molecule has 2 heteroatoms. The van der Waals surface area contributed by atoms with Gasteiger partial charge in [0.05, 0.1) is 0 Å². The largest absolute Gasteiger partial charge is 0.262 e. The molecule has 0 saturated carbocycles. The van der Waals surface area contributed by atoms with Crippen LogP contribution in [0, 0.1) is 0 Å². The van der Waals surface area contributed by atoms with Crippen molar-refractivity contribution in [1.29, 1.82) is 0 Å². The van der Waals surface area contributed by atoms with E-state index in [9.17, 15) is 0 Å². The van der Waals surface area contributed by atoms with E-state index in [0.29, 0.717) is 0 Å². The second-order valence-corrected chi connectivity index (χ2v) is 4.62. The first-order valence-electron chi connectivity index (χ1n) is 5.61. The molecule has 17 heavy (non-hydrogen) atoms. The Morgan fingerprint density at radius 3 is 2.59 bits per heavy atom. The Bertz CT molecular complexity index is 466. The summed E-state index contributed by atoms with van der Waals surface area (Å²) in [4.78, 5) is 4.25. The molecule has 90 valence electrons. The molecule has 0 unspecified atom stereocenters. The van der Waals surface area contributed by atoms with E-state index in [1.165, 1.54) is 16.7 Å². The molecule has 0 fully saturated rings. The minimum Gasteiger partial charge on any atom is -0.262 e. The van der Waals surface area contributed by atoms with E-state index in [-0.39, 0.29) is 0 Å². The van der Waals surface area contributed by atoms with E-state index in [1.807, 2.05) is 25.1 Å². The maximum absolute atomic E-state index is 5.99. The van der Waals surface area contributed by atoms with Gasteiger partial charge in [-0.05, 0) is 50.5 Å². The van der Waals surface area contributed by atoms with Crippen molar-refractivity contribution < 1.29 is 0 Å². The molecule has 0 amide bonds. The zero-order valence-corrected chi connectivity index (χ0v) is 11.4. The second-order valence-electron chi connectivity index (χ2n) is 4.18. The van der Waals surface area contributed by atoms with Gasteiger partial charge in [-0.15, -0.1) is 0 Å². The molecule has 1 aromatic rings. The van der Waals surface area contributed by atoms with Crippen molar-refractivity contribution in [1.82, 2.24) is 0 Å². The Kier molecular flexibility index (Phi) is 5.17. The molecule has 1 nitrogen and oxygen atoms in total. The molecule has 0 atom stereocenters. The number of rotatable bonds is 4. The lowest BCUT2D eigenvalue weighted by atomic mass is 9.98. The van der Waals surface area contributed by atoms with Crippen LogP contribution in [0.3, 0.4) is 0 Å². The van der Waals surface area contributed by atoms with Gasteiger partial charge < -0.3 is 0 Å². The topological polar surface area (TPSA) is 12.4 Å². The van der Waals surface area contributed by atoms with Crippen LogP contribution < -0.4 is 0 Å². The van der Waals surface area contributed by atoms with Crippen molar-refractivity contribution >= 4 is 17.3 Å². The molecule has 1 aromatic carbocycles. The van der Waals surface area contributed by atoms with E-state index in [2.05, 4.69) is 31.5 Å². The van der Waals surface area contributed by atoms with Crippen LogP contribution >= 0.6 is 11.6 Å². The van der Waals surface area contributed by atoms with E-state index >= 15 is 0 Å². The summed E-state index contributed by atoms with van der Waals surface area (Å²) in [6.45, 7) is 9.84. The van der Waals surface area contributed by atoms with Crippen molar-refractivity contribution in [3.8, 4) is 0 Å². The molecule has 1 rings (SSSR count). The fraction of sp³-hybridized carbons (Fsp3) is 0.267. The van der Waals surface area contributed by atoms with Gasteiger partial charge in [0.15, 0.2) is 0 Å². The highest BCUT2D eigenvalue weighted by atomic mass is 35.5. The van der Waals surface area contributed by atoms with Gasteiger partial charge in [-0.1, -0.05) is 35.9 Å². The molecule has 0 aliphatic carbocycles. The minimum atomic E-state index is 0.772. The van der Waals surface area contributed by atoms with E-state index in [0.717, 1.165) is 17.2 Å². The van der Waals surface area contributed by atoms with Crippen LogP contribution in [0.25, 0.3) is 0 Å². The molecule has 0 aliphatic rings. The fourth-order valence-electron chi connectivity index (χ4n) is 1.73. The number of hydrogen-bond acceptors (Lipinski definition) is 1. The van der Waals surface area contributed by atoms with Crippen LogP contribution in [0.1, 0.15) is 26.3 Å². The second kappa shape index (κ2) is 6.41. The molecule has 0 heterocycles. The maximum Gasteiger partial charge on any atom is 0.0408 e. The normalized spacial score (nSPS) is 11.2. The molecule has 0 aromatic heterocycles. The fourth-order valence-corrected chi connectivity index (χ4v) is 1.95. The standard InChI is InChI=1S/C15H18ClN/c1-5-17-12(4)15(11(2)3)10-13-7-6-8-14(16)9-13/h5-9H,1,10H2,2-4H3. The van der Waals surface area contributed by atoms with Gasteiger partial charge in [-0.3, -0.25) is 4.99 Å². The summed E-state index contributed by atoms with van der Waals surface area (Å²) >= 11 is 5.99. The number of aliphatic imine (C=N–C) groups is 1. The molecule has 0 aliphatic heterocycles. The van der Waals surface area contributed by atoms with Crippen LogP contribution in [-0.2, 0) is 6.42 Å². The SMILES string of the molecule is C=CN=C(C)C(Cc1cccc(Cl)c1)=C(C)C. The summed E-state index contributed by atoms with van der Waals surface area (Å²) in [7, 11) is 0. The first kappa shape index (κ1) is 13.7. The third-order valence-electron chi connectivity index (χ3n) is 2.60. The number of nitrogens with zero attached hydrogens (tertiary/aromatic N) is 1. The quantitative estimate of drug-likeness (QED) is 0.677. The number of hydrogen-bond donors (Lipinski definition) is 0. The van der Waals surface area contributed by atoms with Gasteiger partial charge in [-0.25, -0.2) is 0 Å². The average molecular weight is 248 g/mol. The first-order chi connectivity index (χ1) is 8.04. The Labute approximate surface area is 109 Å². The van der Waals surface area contributed by atoms with E-state index in [4.69, 9.17) is 11.6 Å². The Balaban J connectivity index is 3.01. The van der Waals surface area contributed by atoms with Crippen LogP contribution in [0.5, 0.6) is 0 Å². The van der Waals surface area contributed by atoms with Crippen LogP contribution in [0.15, 0.2) is 53.2 Å². The van der Waals surface area contributed by atoms with Crippen molar-refractivity contribution in [2.24, 2.45) is 4.99 Å². The molecular formula is C15H18ClN. The van der Waals surface area contributed by atoms with Gasteiger partial charge in [0.1, 0.15) is 0 Å². The summed E-state index contributed by atoms with van der Waals surface area (Å²) in [5, 5.41) is 0.772. The molecule has 0 radical (unpaired) electrons. The lowest BCUT2D eigenvalue weighted by molar-refractivity contribution is 1.15. The van der Waals surface area contributed by atoms with Crippen LogP contribution in [0.4, 0.5) is 0 Å². The summed E-state index contributed by atoms with van der Waals surface area (Å²) in [6.07, 6.45) is 2.43. The predicted octanol–water partition coefficient (Wildman–Crippen LogP) is 4.82. The molecular weight excluding hydrogens is 230 g/mol. The van der Waals surface area contributed by atoms with E-state index in [1.54, 1.807) is 6.20 Å². The number of benzene rings is 1. The zero-order chi connectivity index (χ0) is 12.8. The van der Waals surface area contributed by atoms with Crippen molar-refractivity contribution in [2.75, 3.05) is 0 Å². The highest BCUT2D eigenvalue weighted by molar-refractivity contribution is 6.30. The highest BCUT2D eigenvalue weighted by Gasteiger charge is 2.05.